The van der Waals surface area contributed by atoms with Crippen LogP contribution >= 0.6 is 15.9 Å². The fraction of sp³-hybridized carbons (Fsp3) is 0.167. The van der Waals surface area contributed by atoms with Gasteiger partial charge in [-0.2, -0.15) is 0 Å². The zero-order chi connectivity index (χ0) is 11.8. The van der Waals surface area contributed by atoms with Gasteiger partial charge in [0.15, 0.2) is 5.03 Å². The monoisotopic (exact) mass is 302 g/mol. The molecule has 1 heterocycles. The maximum absolute atomic E-state index is 12.4. The van der Waals surface area contributed by atoms with Crippen LogP contribution in [-0.4, -0.2) is 18.5 Å². The van der Waals surface area contributed by atoms with Gasteiger partial charge in [0.05, 0.1) is 5.56 Å². The predicted molar refractivity (Wildman–Crippen MR) is 49.9 cm³/mol. The molecule has 1 rings (SSSR count). The number of alkyl halides is 2. The Morgan fingerprint density at radius 3 is 2.47 bits per heavy atom. The number of primary sulfonamides is 1. The first-order chi connectivity index (χ1) is 6.73. The Kier molecular flexibility index (Phi) is 3.26. The lowest BCUT2D eigenvalue weighted by Crippen LogP contribution is -2.17. The highest BCUT2D eigenvalue weighted by molar-refractivity contribution is 9.10. The van der Waals surface area contributed by atoms with E-state index in [0.717, 1.165) is 0 Å². The number of rotatable bonds is 2. The van der Waals surface area contributed by atoms with Gasteiger partial charge in [-0.25, -0.2) is 27.3 Å². The lowest BCUT2D eigenvalue weighted by Gasteiger charge is -2.07. The molecule has 3 N–H and O–H groups in total. The minimum absolute atomic E-state index is 0.268. The average molecular weight is 303 g/mol. The Hall–Kier alpha value is -0.800. The average Bonchev–Trinajstić information content (AvgIpc) is 2.06. The summed E-state index contributed by atoms with van der Waals surface area (Å²) in [5.74, 6) is -0.585. The molecule has 0 unspecified atom stereocenters. The van der Waals surface area contributed by atoms with Gasteiger partial charge in [0.1, 0.15) is 10.4 Å². The standard InChI is InChI=1S/C6H5BrF2N2O3S/c7-4-3(12)1-2(5(8)9)6(11-4)15(10,13)14/h1,5,12H,(H2,10,13,14). The largest absolute Gasteiger partial charge is 0.505 e. The molecule has 5 nitrogen and oxygen atoms in total. The second-order valence-corrected chi connectivity index (χ2v) is 4.77. The van der Waals surface area contributed by atoms with Gasteiger partial charge in [0, 0.05) is 0 Å². The number of aromatic nitrogens is 1. The topological polar surface area (TPSA) is 93.3 Å². The van der Waals surface area contributed by atoms with E-state index in [4.69, 9.17) is 5.11 Å². The molecule has 0 spiro atoms. The third kappa shape index (κ3) is 2.61. The van der Waals surface area contributed by atoms with Crippen molar-refractivity contribution >= 4 is 26.0 Å². The van der Waals surface area contributed by atoms with Crippen LogP contribution in [0.1, 0.15) is 12.0 Å². The molecule has 1 aromatic rings. The van der Waals surface area contributed by atoms with Crippen LogP contribution in [0.25, 0.3) is 0 Å². The van der Waals surface area contributed by atoms with Crippen molar-refractivity contribution < 1.29 is 22.3 Å². The molecule has 0 aromatic carbocycles. The first kappa shape index (κ1) is 12.3. The SMILES string of the molecule is NS(=O)(=O)c1nc(Br)c(O)cc1C(F)F. The smallest absolute Gasteiger partial charge is 0.266 e. The van der Waals surface area contributed by atoms with E-state index < -0.39 is 32.8 Å². The van der Waals surface area contributed by atoms with Crippen molar-refractivity contribution in [3.63, 3.8) is 0 Å². The molecule has 0 saturated heterocycles. The van der Waals surface area contributed by atoms with E-state index in [2.05, 4.69) is 26.1 Å². The highest BCUT2D eigenvalue weighted by Gasteiger charge is 2.24. The molecular weight excluding hydrogens is 298 g/mol. The van der Waals surface area contributed by atoms with Gasteiger partial charge in [0.2, 0.25) is 0 Å². The third-order valence-electron chi connectivity index (χ3n) is 1.45. The fourth-order valence-electron chi connectivity index (χ4n) is 0.864. The summed E-state index contributed by atoms with van der Waals surface area (Å²) in [5.41, 5.74) is -0.932. The van der Waals surface area contributed by atoms with E-state index in [9.17, 15) is 17.2 Å². The Morgan fingerprint density at radius 1 is 1.53 bits per heavy atom. The highest BCUT2D eigenvalue weighted by Crippen LogP contribution is 2.31. The van der Waals surface area contributed by atoms with Crippen molar-refractivity contribution in [2.24, 2.45) is 5.14 Å². The van der Waals surface area contributed by atoms with Gasteiger partial charge >= 0.3 is 0 Å². The minimum atomic E-state index is -4.35. The first-order valence-electron chi connectivity index (χ1n) is 3.44. The lowest BCUT2D eigenvalue weighted by atomic mass is 10.3. The summed E-state index contributed by atoms with van der Waals surface area (Å²) in [5, 5.41) is 12.8. The molecule has 9 heteroatoms. The summed E-state index contributed by atoms with van der Waals surface area (Å²) >= 11 is 2.70. The molecule has 1 aromatic heterocycles. The molecule has 0 amide bonds. The van der Waals surface area contributed by atoms with Gasteiger partial charge < -0.3 is 5.11 Å². The van der Waals surface area contributed by atoms with Crippen LogP contribution in [0.4, 0.5) is 8.78 Å². The van der Waals surface area contributed by atoms with Crippen LogP contribution in [0.2, 0.25) is 0 Å². The van der Waals surface area contributed by atoms with Crippen LogP contribution in [0.3, 0.4) is 0 Å². The third-order valence-corrected chi connectivity index (χ3v) is 2.90. The lowest BCUT2D eigenvalue weighted by molar-refractivity contribution is 0.146. The number of halogens is 3. The van der Waals surface area contributed by atoms with Crippen LogP contribution in [0.5, 0.6) is 5.75 Å². The molecule has 0 fully saturated rings. The van der Waals surface area contributed by atoms with E-state index in [1.54, 1.807) is 0 Å². The molecule has 0 aliphatic heterocycles. The van der Waals surface area contributed by atoms with Crippen molar-refractivity contribution in [1.29, 1.82) is 0 Å². The number of pyridine rings is 1. The predicted octanol–water partition coefficient (Wildman–Crippen LogP) is 1.13. The van der Waals surface area contributed by atoms with Crippen LogP contribution in [-0.2, 0) is 10.0 Å². The Morgan fingerprint density at radius 2 is 2.07 bits per heavy atom. The summed E-state index contributed by atoms with van der Waals surface area (Å²) < 4.78 is 46.3. The maximum Gasteiger partial charge on any atom is 0.266 e. The van der Waals surface area contributed by atoms with Crippen molar-refractivity contribution in [2.75, 3.05) is 0 Å². The molecule has 0 aliphatic carbocycles. The van der Waals surface area contributed by atoms with Crippen LogP contribution in [0.15, 0.2) is 15.7 Å². The van der Waals surface area contributed by atoms with Gasteiger partial charge in [-0.15, -0.1) is 0 Å². The van der Waals surface area contributed by atoms with Crippen molar-refractivity contribution in [1.82, 2.24) is 4.98 Å². The zero-order valence-corrected chi connectivity index (χ0v) is 9.39. The summed E-state index contributed by atoms with van der Waals surface area (Å²) in [6, 6.07) is 0.599. The highest BCUT2D eigenvalue weighted by atomic mass is 79.9. The van der Waals surface area contributed by atoms with Crippen molar-refractivity contribution in [2.45, 2.75) is 11.5 Å². The molecule has 15 heavy (non-hydrogen) atoms. The summed E-state index contributed by atoms with van der Waals surface area (Å²) in [4.78, 5) is 3.24. The van der Waals surface area contributed by atoms with Crippen LogP contribution in [0, 0.1) is 0 Å². The first-order valence-corrected chi connectivity index (χ1v) is 5.77. The minimum Gasteiger partial charge on any atom is -0.505 e. The molecule has 84 valence electrons. The number of aromatic hydroxyl groups is 1. The van der Waals surface area contributed by atoms with E-state index >= 15 is 0 Å². The van der Waals surface area contributed by atoms with Gasteiger partial charge in [0.25, 0.3) is 16.4 Å². The molecule has 0 bridgehead atoms. The van der Waals surface area contributed by atoms with E-state index in [1.807, 2.05) is 0 Å². The maximum atomic E-state index is 12.4. The van der Waals surface area contributed by atoms with E-state index in [-0.39, 0.29) is 4.60 Å². The number of nitrogens with zero attached hydrogens (tertiary/aromatic N) is 1. The van der Waals surface area contributed by atoms with E-state index in [0.29, 0.717) is 6.07 Å². The van der Waals surface area contributed by atoms with Gasteiger partial charge in [-0.3, -0.25) is 0 Å². The second-order valence-electron chi connectivity index (χ2n) is 2.54. The Bertz CT molecular complexity index is 491. The number of hydrogen-bond donors (Lipinski definition) is 2. The zero-order valence-electron chi connectivity index (χ0n) is 6.99. The fourth-order valence-corrected chi connectivity index (χ4v) is 1.97. The van der Waals surface area contributed by atoms with Crippen molar-refractivity contribution in [3.05, 3.63) is 16.2 Å². The molecule has 0 saturated carbocycles. The number of hydrogen-bond acceptors (Lipinski definition) is 4. The summed E-state index contributed by atoms with van der Waals surface area (Å²) in [6.07, 6.45) is -3.09. The molecule has 0 atom stereocenters. The Balaban J connectivity index is 3.56. The van der Waals surface area contributed by atoms with Crippen LogP contribution < -0.4 is 5.14 Å². The normalized spacial score (nSPS) is 12.1. The number of nitrogens with two attached hydrogens (primary N) is 1. The Labute approximate surface area is 92.1 Å². The molecule has 0 radical (unpaired) electrons. The van der Waals surface area contributed by atoms with Crippen molar-refractivity contribution in [3.8, 4) is 5.75 Å². The second kappa shape index (κ2) is 3.99. The molecular formula is C6H5BrF2N2O3S. The summed E-state index contributed by atoms with van der Waals surface area (Å²) in [6.45, 7) is 0. The van der Waals surface area contributed by atoms with Gasteiger partial charge in [-0.05, 0) is 22.0 Å². The van der Waals surface area contributed by atoms with E-state index in [1.165, 1.54) is 0 Å². The number of sulfonamides is 1. The quantitative estimate of drug-likeness (QED) is 0.801. The van der Waals surface area contributed by atoms with Gasteiger partial charge in [-0.1, -0.05) is 0 Å². The summed E-state index contributed by atoms with van der Waals surface area (Å²) in [7, 11) is -4.35. The molecule has 0 aliphatic rings.